The molecule has 2 saturated heterocycles. The van der Waals surface area contributed by atoms with E-state index in [2.05, 4.69) is 14.9 Å². The van der Waals surface area contributed by atoms with E-state index in [0.29, 0.717) is 0 Å². The largest absolute Gasteiger partial charge is 0.378 e. The fourth-order valence-corrected chi connectivity index (χ4v) is 4.22. The maximum atomic E-state index is 6.20. The maximum Gasteiger partial charge on any atom is 0.159 e. The number of methoxy groups -OCH3 is 1. The molecular weight excluding hydrogens is 326 g/mol. The zero-order valence-electron chi connectivity index (χ0n) is 15.4. The summed E-state index contributed by atoms with van der Waals surface area (Å²) in [5, 5.41) is 0. The van der Waals surface area contributed by atoms with Gasteiger partial charge in [-0.2, -0.15) is 0 Å². The normalized spacial score (nSPS) is 23.2. The molecule has 5 heteroatoms. The van der Waals surface area contributed by atoms with Crippen LogP contribution in [0.3, 0.4) is 0 Å². The molecule has 0 bridgehead atoms. The Morgan fingerprint density at radius 3 is 2.58 bits per heavy atom. The van der Waals surface area contributed by atoms with Gasteiger partial charge in [0.25, 0.3) is 0 Å². The molecule has 0 radical (unpaired) electrons. The zero-order valence-corrected chi connectivity index (χ0v) is 15.4. The summed E-state index contributed by atoms with van der Waals surface area (Å²) in [5.41, 5.74) is 2.14. The Labute approximate surface area is 155 Å². The third-order valence-corrected chi connectivity index (χ3v) is 5.72. The van der Waals surface area contributed by atoms with Gasteiger partial charge in [-0.1, -0.05) is 30.3 Å². The molecule has 1 atom stereocenters. The lowest BCUT2D eigenvalue weighted by Gasteiger charge is -2.48. The molecule has 2 aromatic rings. The first kappa shape index (κ1) is 17.6. The van der Waals surface area contributed by atoms with Gasteiger partial charge >= 0.3 is 0 Å². The summed E-state index contributed by atoms with van der Waals surface area (Å²) in [4.78, 5) is 11.6. The molecule has 0 aliphatic carbocycles. The van der Waals surface area contributed by atoms with E-state index in [-0.39, 0.29) is 11.7 Å². The number of ether oxygens (including phenoxy) is 2. The minimum Gasteiger partial charge on any atom is -0.378 e. The van der Waals surface area contributed by atoms with Crippen molar-refractivity contribution >= 4 is 0 Å². The van der Waals surface area contributed by atoms with Gasteiger partial charge in [-0.15, -0.1) is 0 Å². The van der Waals surface area contributed by atoms with E-state index in [1.165, 1.54) is 0 Å². The van der Waals surface area contributed by atoms with Gasteiger partial charge in [-0.25, -0.2) is 9.97 Å². The first-order valence-corrected chi connectivity index (χ1v) is 9.54. The zero-order chi connectivity index (χ0) is 17.8. The van der Waals surface area contributed by atoms with Crippen molar-refractivity contribution in [3.63, 3.8) is 0 Å². The standard InChI is InChI=1S/C21H27N3O2/c1-25-19-8-5-13-26-21(19)9-11-24(12-10-21)16-17-14-22-20(23-15-17)18-6-3-2-4-7-18/h2-4,6-7,14-15,19H,5,8-13,16H2,1H3/t19-/m1/s1. The second kappa shape index (κ2) is 7.82. The van der Waals surface area contributed by atoms with Crippen LogP contribution in [0.4, 0.5) is 0 Å². The van der Waals surface area contributed by atoms with E-state index in [9.17, 15) is 0 Å². The van der Waals surface area contributed by atoms with Crippen molar-refractivity contribution in [2.24, 2.45) is 0 Å². The van der Waals surface area contributed by atoms with Crippen LogP contribution in [0.15, 0.2) is 42.7 Å². The average Bonchev–Trinajstić information content (AvgIpc) is 2.71. The number of likely N-dealkylation sites (tertiary alicyclic amines) is 1. The molecule has 1 aromatic carbocycles. The Kier molecular flexibility index (Phi) is 5.29. The monoisotopic (exact) mass is 353 g/mol. The van der Waals surface area contributed by atoms with Crippen molar-refractivity contribution < 1.29 is 9.47 Å². The minimum atomic E-state index is -0.0723. The van der Waals surface area contributed by atoms with Crippen LogP contribution >= 0.6 is 0 Å². The number of hydrogen-bond donors (Lipinski definition) is 0. The van der Waals surface area contributed by atoms with Crippen LogP contribution in [0.1, 0.15) is 31.2 Å². The van der Waals surface area contributed by atoms with Crippen LogP contribution in [0.5, 0.6) is 0 Å². The van der Waals surface area contributed by atoms with Crippen LogP contribution in [0.25, 0.3) is 11.4 Å². The molecule has 0 amide bonds. The molecule has 0 saturated carbocycles. The van der Waals surface area contributed by atoms with Crippen molar-refractivity contribution in [1.82, 2.24) is 14.9 Å². The fourth-order valence-electron chi connectivity index (χ4n) is 4.22. The highest BCUT2D eigenvalue weighted by Gasteiger charge is 2.44. The molecule has 0 N–H and O–H groups in total. The molecule has 2 fully saturated rings. The first-order chi connectivity index (χ1) is 12.8. The van der Waals surface area contributed by atoms with Crippen LogP contribution in [-0.4, -0.2) is 53.4 Å². The molecule has 3 heterocycles. The molecule has 5 nitrogen and oxygen atoms in total. The molecule has 1 aromatic heterocycles. The highest BCUT2D eigenvalue weighted by molar-refractivity contribution is 5.53. The molecule has 138 valence electrons. The summed E-state index contributed by atoms with van der Waals surface area (Å²) in [5.74, 6) is 0.783. The summed E-state index contributed by atoms with van der Waals surface area (Å²) in [6, 6.07) is 10.1. The Hall–Kier alpha value is -1.82. The lowest BCUT2D eigenvalue weighted by molar-refractivity contribution is -0.186. The van der Waals surface area contributed by atoms with E-state index in [0.717, 1.165) is 68.9 Å². The number of piperidine rings is 1. The fraction of sp³-hybridized carbons (Fsp3) is 0.524. The van der Waals surface area contributed by atoms with Gasteiger partial charge in [0.15, 0.2) is 5.82 Å². The van der Waals surface area contributed by atoms with E-state index in [4.69, 9.17) is 9.47 Å². The van der Waals surface area contributed by atoms with Gasteiger partial charge in [-0.05, 0) is 25.7 Å². The Balaban J connectivity index is 1.36. The molecular formula is C21H27N3O2. The summed E-state index contributed by atoms with van der Waals surface area (Å²) in [6.07, 6.45) is 8.44. The number of aromatic nitrogens is 2. The van der Waals surface area contributed by atoms with Crippen molar-refractivity contribution in [2.45, 2.75) is 43.9 Å². The smallest absolute Gasteiger partial charge is 0.159 e. The summed E-state index contributed by atoms with van der Waals surface area (Å²) >= 11 is 0. The van der Waals surface area contributed by atoms with E-state index in [1.807, 2.05) is 49.8 Å². The van der Waals surface area contributed by atoms with Gasteiger partial charge in [0.05, 0.1) is 11.7 Å². The highest BCUT2D eigenvalue weighted by Crippen LogP contribution is 2.37. The van der Waals surface area contributed by atoms with Crippen LogP contribution in [0.2, 0.25) is 0 Å². The van der Waals surface area contributed by atoms with Crippen LogP contribution in [0, 0.1) is 0 Å². The van der Waals surface area contributed by atoms with Crippen molar-refractivity contribution in [3.8, 4) is 11.4 Å². The number of nitrogens with zero attached hydrogens (tertiary/aromatic N) is 3. The van der Waals surface area contributed by atoms with Gasteiger partial charge in [0.1, 0.15) is 0 Å². The molecule has 2 aliphatic heterocycles. The van der Waals surface area contributed by atoms with Crippen molar-refractivity contribution in [1.29, 1.82) is 0 Å². The average molecular weight is 353 g/mol. The SMILES string of the molecule is CO[C@@H]1CCCOC12CCN(Cc1cnc(-c3ccccc3)nc1)CC2. The quantitative estimate of drug-likeness (QED) is 0.844. The third-order valence-electron chi connectivity index (χ3n) is 5.72. The second-order valence-corrected chi connectivity index (χ2v) is 7.34. The highest BCUT2D eigenvalue weighted by atomic mass is 16.5. The molecule has 4 rings (SSSR count). The van der Waals surface area contributed by atoms with Crippen LogP contribution in [-0.2, 0) is 16.0 Å². The van der Waals surface area contributed by atoms with E-state index in [1.54, 1.807) is 0 Å². The van der Waals surface area contributed by atoms with Gasteiger partial charge in [0, 0.05) is 56.9 Å². The summed E-state index contributed by atoms with van der Waals surface area (Å²) in [6.45, 7) is 3.82. The Morgan fingerprint density at radius 1 is 1.15 bits per heavy atom. The Bertz CT molecular complexity index is 697. The lowest BCUT2D eigenvalue weighted by Crippen LogP contribution is -2.55. The number of hydrogen-bond acceptors (Lipinski definition) is 5. The predicted molar refractivity (Wildman–Crippen MR) is 101 cm³/mol. The number of benzene rings is 1. The molecule has 26 heavy (non-hydrogen) atoms. The van der Waals surface area contributed by atoms with Gasteiger partial charge in [0.2, 0.25) is 0 Å². The first-order valence-electron chi connectivity index (χ1n) is 9.54. The predicted octanol–water partition coefficient (Wildman–Crippen LogP) is 3.30. The van der Waals surface area contributed by atoms with Gasteiger partial charge < -0.3 is 9.47 Å². The third kappa shape index (κ3) is 3.65. The lowest BCUT2D eigenvalue weighted by atomic mass is 9.82. The molecule has 2 aliphatic rings. The van der Waals surface area contributed by atoms with Crippen molar-refractivity contribution in [2.75, 3.05) is 26.8 Å². The molecule has 0 unspecified atom stereocenters. The van der Waals surface area contributed by atoms with Crippen molar-refractivity contribution in [3.05, 3.63) is 48.3 Å². The number of rotatable bonds is 4. The topological polar surface area (TPSA) is 47.5 Å². The summed E-state index contributed by atoms with van der Waals surface area (Å²) < 4.78 is 11.9. The maximum absolute atomic E-state index is 6.20. The van der Waals surface area contributed by atoms with Gasteiger partial charge in [-0.3, -0.25) is 4.90 Å². The van der Waals surface area contributed by atoms with E-state index < -0.39 is 0 Å². The summed E-state index contributed by atoms with van der Waals surface area (Å²) in [7, 11) is 1.82. The second-order valence-electron chi connectivity index (χ2n) is 7.34. The van der Waals surface area contributed by atoms with Crippen LogP contribution < -0.4 is 0 Å². The van der Waals surface area contributed by atoms with E-state index >= 15 is 0 Å². The minimum absolute atomic E-state index is 0.0723. The molecule has 1 spiro atoms. The Morgan fingerprint density at radius 2 is 1.88 bits per heavy atom.